The second kappa shape index (κ2) is 14.7. The summed E-state index contributed by atoms with van der Waals surface area (Å²) in [5, 5.41) is 28.9. The quantitative estimate of drug-likeness (QED) is 0.310. The number of hydrogen-bond acceptors (Lipinski definition) is 5. The van der Waals surface area contributed by atoms with Crippen LogP contribution in [0.25, 0.3) is 0 Å². The van der Waals surface area contributed by atoms with Gasteiger partial charge in [-0.15, -0.1) is 0 Å². The van der Waals surface area contributed by atoms with E-state index in [1.165, 1.54) is 51.4 Å². The Balaban J connectivity index is 1.81. The van der Waals surface area contributed by atoms with Gasteiger partial charge in [-0.2, -0.15) is 0 Å². The third-order valence-corrected chi connectivity index (χ3v) is 4.75. The highest BCUT2D eigenvalue weighted by Crippen LogP contribution is 2.18. The fraction of sp³-hybridized carbons (Fsp3) is 0.900. The Hall–Kier alpha value is -0.460. The van der Waals surface area contributed by atoms with Gasteiger partial charge in [0.15, 0.2) is 0 Å². The normalized spacial score (nSPS) is 25.0. The van der Waals surface area contributed by atoms with Gasteiger partial charge >= 0.3 is 0 Å². The van der Waals surface area contributed by atoms with E-state index in [1.54, 1.807) is 0 Å². The molecule has 0 unspecified atom stereocenters. The summed E-state index contributed by atoms with van der Waals surface area (Å²) in [5.74, 6) is 0. The molecule has 4 atom stereocenters. The van der Waals surface area contributed by atoms with Crippen molar-refractivity contribution in [3.63, 3.8) is 0 Å². The molecule has 1 rings (SSSR count). The predicted molar refractivity (Wildman–Crippen MR) is 99.6 cm³/mol. The Morgan fingerprint density at radius 3 is 2.16 bits per heavy atom. The second-order valence-electron chi connectivity index (χ2n) is 7.04. The Kier molecular flexibility index (Phi) is 13.3. The lowest BCUT2D eigenvalue weighted by atomic mass is 10.1. The number of unbranched alkanes of at least 4 members (excludes halogenated alkanes) is 9. The van der Waals surface area contributed by atoms with E-state index in [4.69, 9.17) is 9.47 Å². The topological polar surface area (TPSA) is 79.2 Å². The van der Waals surface area contributed by atoms with Crippen molar-refractivity contribution in [3.05, 3.63) is 12.2 Å². The first kappa shape index (κ1) is 22.6. The molecule has 0 bridgehead atoms. The highest BCUT2D eigenvalue weighted by atomic mass is 16.5. The van der Waals surface area contributed by atoms with Crippen molar-refractivity contribution in [1.29, 1.82) is 0 Å². The van der Waals surface area contributed by atoms with Crippen LogP contribution in [0.3, 0.4) is 0 Å². The maximum Gasteiger partial charge on any atom is 0.114 e. The number of hydrogen-bond donors (Lipinski definition) is 3. The fourth-order valence-corrected chi connectivity index (χ4v) is 3.13. The van der Waals surface area contributed by atoms with Crippen molar-refractivity contribution in [3.8, 4) is 0 Å². The maximum atomic E-state index is 9.90. The van der Waals surface area contributed by atoms with Gasteiger partial charge in [-0.25, -0.2) is 0 Å². The molecule has 0 amide bonds. The molecule has 1 aliphatic rings. The lowest BCUT2D eigenvalue weighted by molar-refractivity contribution is -0.0813. The van der Waals surface area contributed by atoms with E-state index >= 15 is 0 Å². The number of aliphatic hydroxyl groups excluding tert-OH is 3. The molecule has 5 heteroatoms. The summed E-state index contributed by atoms with van der Waals surface area (Å²) >= 11 is 0. The predicted octanol–water partition coefficient (Wildman–Crippen LogP) is 2.96. The van der Waals surface area contributed by atoms with E-state index in [0.29, 0.717) is 6.61 Å². The van der Waals surface area contributed by atoms with Crippen LogP contribution < -0.4 is 0 Å². The molecule has 0 aromatic heterocycles. The first-order valence-electron chi connectivity index (χ1n) is 10.0. The van der Waals surface area contributed by atoms with Gasteiger partial charge < -0.3 is 24.8 Å². The van der Waals surface area contributed by atoms with Crippen molar-refractivity contribution in [2.45, 2.75) is 95.5 Å². The lowest BCUT2D eigenvalue weighted by Crippen LogP contribution is -2.40. The molecular weight excluding hydrogens is 320 g/mol. The molecule has 0 saturated carbocycles. The van der Waals surface area contributed by atoms with E-state index in [9.17, 15) is 15.3 Å². The van der Waals surface area contributed by atoms with Crippen LogP contribution in [0.15, 0.2) is 12.2 Å². The van der Waals surface area contributed by atoms with Crippen molar-refractivity contribution >= 4 is 0 Å². The van der Waals surface area contributed by atoms with Crippen LogP contribution in [-0.2, 0) is 9.47 Å². The summed E-state index contributed by atoms with van der Waals surface area (Å²) in [5.41, 5.74) is 0. The van der Waals surface area contributed by atoms with Crippen LogP contribution in [0.4, 0.5) is 0 Å². The first-order chi connectivity index (χ1) is 12.2. The second-order valence-corrected chi connectivity index (χ2v) is 7.04. The van der Waals surface area contributed by atoms with Gasteiger partial charge in [0.2, 0.25) is 0 Å². The van der Waals surface area contributed by atoms with Crippen LogP contribution in [0, 0.1) is 0 Å². The Morgan fingerprint density at radius 2 is 1.60 bits per heavy atom. The van der Waals surface area contributed by atoms with Crippen molar-refractivity contribution in [1.82, 2.24) is 0 Å². The van der Waals surface area contributed by atoms with Gasteiger partial charge in [0.25, 0.3) is 0 Å². The van der Waals surface area contributed by atoms with Crippen LogP contribution in [0.1, 0.15) is 71.1 Å². The lowest BCUT2D eigenvalue weighted by Gasteiger charge is -2.20. The molecule has 0 radical (unpaired) electrons. The number of ether oxygens (including phenoxy) is 2. The molecule has 5 nitrogen and oxygen atoms in total. The third kappa shape index (κ3) is 10.3. The van der Waals surface area contributed by atoms with Crippen LogP contribution in [-0.4, -0.2) is 59.6 Å². The van der Waals surface area contributed by atoms with Crippen LogP contribution in [0.5, 0.6) is 0 Å². The molecule has 0 spiro atoms. The highest BCUT2D eigenvalue weighted by Gasteiger charge is 2.39. The van der Waals surface area contributed by atoms with Gasteiger partial charge in [0.05, 0.1) is 13.2 Å². The van der Waals surface area contributed by atoms with E-state index in [0.717, 1.165) is 12.8 Å². The van der Waals surface area contributed by atoms with Gasteiger partial charge in [0, 0.05) is 6.61 Å². The average molecular weight is 359 g/mol. The molecule has 1 heterocycles. The zero-order chi connectivity index (χ0) is 18.3. The summed E-state index contributed by atoms with van der Waals surface area (Å²) in [6, 6.07) is 0. The average Bonchev–Trinajstić information content (AvgIpc) is 2.94. The minimum absolute atomic E-state index is 0.0681. The van der Waals surface area contributed by atoms with Gasteiger partial charge in [-0.3, -0.25) is 0 Å². The van der Waals surface area contributed by atoms with Crippen molar-refractivity contribution in [2.24, 2.45) is 0 Å². The van der Waals surface area contributed by atoms with Crippen LogP contribution in [0.2, 0.25) is 0 Å². The maximum absolute atomic E-state index is 9.90. The zero-order valence-electron chi connectivity index (χ0n) is 15.8. The monoisotopic (exact) mass is 358 g/mol. The molecular formula is C20H38O5. The summed E-state index contributed by atoms with van der Waals surface area (Å²) in [4.78, 5) is 0. The SMILES string of the molecule is C/C=C/CCCCCCCCCCCOC[C@H](O)[C@@H]1OC[C@@H](O)[C@@H]1O. The zero-order valence-corrected chi connectivity index (χ0v) is 15.8. The molecule has 1 saturated heterocycles. The highest BCUT2D eigenvalue weighted by molar-refractivity contribution is 4.87. The van der Waals surface area contributed by atoms with Crippen LogP contribution >= 0.6 is 0 Å². The largest absolute Gasteiger partial charge is 0.388 e. The standard InChI is InChI=1S/C20H38O5/c1-2-3-4-5-6-7-8-9-10-11-12-13-14-24-15-18(22)20-19(23)17(21)16-25-20/h2-3,17-23H,4-16H2,1H3/b3-2+/t17-,18+,19+,20+/m1/s1. The third-order valence-electron chi connectivity index (χ3n) is 4.75. The number of allylic oxidation sites excluding steroid dienone is 2. The molecule has 3 N–H and O–H groups in total. The summed E-state index contributed by atoms with van der Waals surface area (Å²) in [6.45, 7) is 2.90. The minimum Gasteiger partial charge on any atom is -0.388 e. The Morgan fingerprint density at radius 1 is 1.00 bits per heavy atom. The van der Waals surface area contributed by atoms with E-state index in [-0.39, 0.29) is 13.2 Å². The molecule has 25 heavy (non-hydrogen) atoms. The first-order valence-corrected chi connectivity index (χ1v) is 10.0. The molecule has 1 aliphatic heterocycles. The van der Waals surface area contributed by atoms with E-state index in [2.05, 4.69) is 19.1 Å². The van der Waals surface area contributed by atoms with Gasteiger partial charge in [0.1, 0.15) is 24.4 Å². The summed E-state index contributed by atoms with van der Waals surface area (Å²) in [6.07, 6.45) is 13.4. The van der Waals surface area contributed by atoms with E-state index in [1.807, 2.05) is 0 Å². The van der Waals surface area contributed by atoms with Gasteiger partial charge in [-0.05, 0) is 26.2 Å². The molecule has 0 aliphatic carbocycles. The molecule has 0 aromatic rings. The minimum atomic E-state index is -1.03. The molecule has 148 valence electrons. The van der Waals surface area contributed by atoms with Crippen molar-refractivity contribution in [2.75, 3.05) is 19.8 Å². The van der Waals surface area contributed by atoms with Crippen molar-refractivity contribution < 1.29 is 24.8 Å². The fourth-order valence-electron chi connectivity index (χ4n) is 3.13. The summed E-state index contributed by atoms with van der Waals surface area (Å²) < 4.78 is 10.6. The Bertz CT molecular complexity index is 334. The smallest absolute Gasteiger partial charge is 0.114 e. The molecule has 1 fully saturated rings. The molecule has 0 aromatic carbocycles. The summed E-state index contributed by atoms with van der Waals surface area (Å²) in [7, 11) is 0. The van der Waals surface area contributed by atoms with Gasteiger partial charge in [-0.1, -0.05) is 57.1 Å². The van der Waals surface area contributed by atoms with E-state index < -0.39 is 24.4 Å². The Labute approximate surface area is 153 Å². The number of rotatable bonds is 15. The number of aliphatic hydroxyl groups is 3.